The Hall–Kier alpha value is -3.07. The average molecular weight is 501 g/mol. The fraction of sp³-hybridized carbons (Fsp3) is 0.520. The lowest BCUT2D eigenvalue weighted by molar-refractivity contribution is -0.129. The molecule has 35 heavy (non-hydrogen) atoms. The molecule has 0 spiro atoms. The first-order chi connectivity index (χ1) is 16.8. The summed E-state index contributed by atoms with van der Waals surface area (Å²) in [4.78, 5) is 38.4. The number of halogens is 1. The molecule has 3 aromatic rings. The third-order valence-electron chi connectivity index (χ3n) is 7.62. The van der Waals surface area contributed by atoms with E-state index in [1.54, 1.807) is 17.6 Å². The first kappa shape index (κ1) is 23.7. The molecule has 0 bridgehead atoms. The number of pyridine rings is 1. The largest absolute Gasteiger partial charge is 0.465 e. The van der Waals surface area contributed by atoms with Gasteiger partial charge in [0.25, 0.3) is 5.56 Å². The number of nitrogens with one attached hydrogen (secondary N) is 2. The van der Waals surface area contributed by atoms with Gasteiger partial charge in [-0.15, -0.1) is 0 Å². The van der Waals surface area contributed by atoms with Gasteiger partial charge in [0.1, 0.15) is 22.2 Å². The lowest BCUT2D eigenvalue weighted by Crippen LogP contribution is -2.61. The number of aromatic nitrogens is 2. The van der Waals surface area contributed by atoms with E-state index in [1.165, 1.54) is 0 Å². The fourth-order valence-electron chi connectivity index (χ4n) is 5.96. The van der Waals surface area contributed by atoms with Crippen molar-refractivity contribution in [3.63, 3.8) is 0 Å². The first-order valence-corrected chi connectivity index (χ1v) is 12.6. The van der Waals surface area contributed by atoms with Crippen molar-refractivity contribution in [2.24, 2.45) is 0 Å². The van der Waals surface area contributed by atoms with Crippen LogP contribution in [0.4, 0.5) is 4.79 Å². The van der Waals surface area contributed by atoms with Gasteiger partial charge in [0.05, 0.1) is 10.5 Å². The number of benzene rings is 1. The standard InChI is InChI=1S/C25H29ClN4O5/c1-14-19-21(29-35-14)20-17(26)9-6-10-18(20)30(22(19)31)16-8-5-7-15(13-16)27-23(32)25(28-24(33)34)11-3-2-4-12-25/h6,9-10,15-16,28H,2-5,7-8,11-13H2,1H3,(H,27,32)(H,33,34). The van der Waals surface area contributed by atoms with Crippen molar-refractivity contribution in [3.8, 4) is 0 Å². The molecule has 2 saturated carbocycles. The zero-order valence-electron chi connectivity index (χ0n) is 19.6. The van der Waals surface area contributed by atoms with Gasteiger partial charge in [-0.2, -0.15) is 0 Å². The van der Waals surface area contributed by atoms with Gasteiger partial charge in [0.15, 0.2) is 0 Å². The van der Waals surface area contributed by atoms with Crippen molar-refractivity contribution in [2.75, 3.05) is 0 Å². The molecule has 2 fully saturated rings. The Labute approximate surface area is 206 Å². The monoisotopic (exact) mass is 500 g/mol. The van der Waals surface area contributed by atoms with Crippen LogP contribution in [0.15, 0.2) is 27.5 Å². The number of fused-ring (bicyclic) bond motifs is 3. The Morgan fingerprint density at radius 1 is 1.17 bits per heavy atom. The van der Waals surface area contributed by atoms with E-state index in [1.807, 2.05) is 12.1 Å². The fourth-order valence-corrected chi connectivity index (χ4v) is 6.22. The molecule has 2 unspecified atom stereocenters. The number of rotatable bonds is 4. The summed E-state index contributed by atoms with van der Waals surface area (Å²) in [5, 5.41) is 20.7. The Kier molecular flexibility index (Phi) is 6.21. The SMILES string of the molecule is Cc1onc2c1c(=O)n(C1CCCC(NC(=O)C3(NC(=O)O)CCCCC3)C1)c1cccc(Cl)c21. The second-order valence-corrected chi connectivity index (χ2v) is 10.2. The minimum atomic E-state index is -1.18. The van der Waals surface area contributed by atoms with Gasteiger partial charge in [0.2, 0.25) is 5.91 Å². The van der Waals surface area contributed by atoms with Crippen molar-refractivity contribution in [2.45, 2.75) is 82.3 Å². The van der Waals surface area contributed by atoms with E-state index in [-0.39, 0.29) is 23.6 Å². The Bertz CT molecular complexity index is 1360. The van der Waals surface area contributed by atoms with Crippen molar-refractivity contribution in [3.05, 3.63) is 39.3 Å². The third kappa shape index (κ3) is 4.16. The molecule has 0 saturated heterocycles. The van der Waals surface area contributed by atoms with E-state index in [2.05, 4.69) is 15.8 Å². The molecule has 3 N–H and O–H groups in total. The van der Waals surface area contributed by atoms with E-state index in [0.29, 0.717) is 51.9 Å². The van der Waals surface area contributed by atoms with Crippen LogP contribution >= 0.6 is 11.6 Å². The van der Waals surface area contributed by atoms with Crippen LogP contribution in [0.3, 0.4) is 0 Å². The smallest absolute Gasteiger partial charge is 0.405 e. The number of carbonyl (C=O) groups excluding carboxylic acids is 1. The maximum atomic E-state index is 13.6. The summed E-state index contributed by atoms with van der Waals surface area (Å²) in [5.41, 5.74) is -0.116. The summed E-state index contributed by atoms with van der Waals surface area (Å²) in [6, 6.07) is 5.12. The lowest BCUT2D eigenvalue weighted by atomic mass is 9.80. The second-order valence-electron chi connectivity index (χ2n) is 9.84. The van der Waals surface area contributed by atoms with Crippen molar-refractivity contribution in [1.82, 2.24) is 20.4 Å². The summed E-state index contributed by atoms with van der Waals surface area (Å²) < 4.78 is 7.13. The van der Waals surface area contributed by atoms with E-state index in [0.717, 1.165) is 38.5 Å². The highest BCUT2D eigenvalue weighted by Gasteiger charge is 2.42. The number of hydrogen-bond acceptors (Lipinski definition) is 5. The zero-order valence-corrected chi connectivity index (χ0v) is 20.4. The van der Waals surface area contributed by atoms with E-state index >= 15 is 0 Å². The van der Waals surface area contributed by atoms with Gasteiger partial charge < -0.3 is 24.8 Å². The topological polar surface area (TPSA) is 126 Å². The summed E-state index contributed by atoms with van der Waals surface area (Å²) in [6.45, 7) is 1.71. The molecule has 5 rings (SSSR count). The van der Waals surface area contributed by atoms with Gasteiger partial charge in [-0.3, -0.25) is 9.59 Å². The molecule has 0 aliphatic heterocycles. The summed E-state index contributed by atoms with van der Waals surface area (Å²) in [6.07, 6.45) is 5.34. The highest BCUT2D eigenvalue weighted by molar-refractivity contribution is 6.37. The van der Waals surface area contributed by atoms with Crippen LogP contribution in [-0.2, 0) is 4.79 Å². The molecule has 0 radical (unpaired) electrons. The number of aryl methyl sites for hydroxylation is 1. The molecular formula is C25H29ClN4O5. The number of amides is 2. The van der Waals surface area contributed by atoms with Gasteiger partial charge >= 0.3 is 6.09 Å². The van der Waals surface area contributed by atoms with Gasteiger partial charge in [-0.25, -0.2) is 4.79 Å². The predicted molar refractivity (Wildman–Crippen MR) is 132 cm³/mol. The average Bonchev–Trinajstić information content (AvgIpc) is 3.21. The normalized spacial score (nSPS) is 22.2. The highest BCUT2D eigenvalue weighted by atomic mass is 35.5. The van der Waals surface area contributed by atoms with Crippen LogP contribution in [0.1, 0.15) is 69.6 Å². The van der Waals surface area contributed by atoms with Gasteiger partial charge in [0, 0.05) is 17.5 Å². The number of nitrogens with zero attached hydrogens (tertiary/aromatic N) is 2. The number of carbonyl (C=O) groups is 2. The third-order valence-corrected chi connectivity index (χ3v) is 7.93. The van der Waals surface area contributed by atoms with Crippen LogP contribution < -0.4 is 16.2 Å². The van der Waals surface area contributed by atoms with E-state index in [9.17, 15) is 19.5 Å². The molecular weight excluding hydrogens is 472 g/mol. The Balaban J connectivity index is 1.48. The van der Waals surface area contributed by atoms with Crippen LogP contribution in [0.2, 0.25) is 5.02 Å². The zero-order chi connectivity index (χ0) is 24.7. The van der Waals surface area contributed by atoms with Crippen LogP contribution in [-0.4, -0.2) is 38.4 Å². The summed E-state index contributed by atoms with van der Waals surface area (Å²) in [7, 11) is 0. The van der Waals surface area contributed by atoms with Crippen LogP contribution in [0, 0.1) is 6.92 Å². The molecule has 2 atom stereocenters. The van der Waals surface area contributed by atoms with Crippen molar-refractivity contribution >= 4 is 45.4 Å². The molecule has 10 heteroatoms. The van der Waals surface area contributed by atoms with Crippen molar-refractivity contribution < 1.29 is 19.2 Å². The Morgan fingerprint density at radius 3 is 2.69 bits per heavy atom. The molecule has 2 amide bonds. The minimum Gasteiger partial charge on any atom is -0.465 e. The van der Waals surface area contributed by atoms with E-state index in [4.69, 9.17) is 16.1 Å². The van der Waals surface area contributed by atoms with E-state index < -0.39 is 11.6 Å². The molecule has 2 heterocycles. The second kappa shape index (κ2) is 9.18. The predicted octanol–water partition coefficient (Wildman–Crippen LogP) is 4.67. The first-order valence-electron chi connectivity index (χ1n) is 12.2. The Morgan fingerprint density at radius 2 is 1.94 bits per heavy atom. The molecule has 186 valence electrons. The summed E-state index contributed by atoms with van der Waals surface area (Å²) in [5.74, 6) is 0.177. The quantitative estimate of drug-likeness (QED) is 0.477. The van der Waals surface area contributed by atoms with Gasteiger partial charge in [-0.05, 0) is 57.6 Å². The molecule has 2 aliphatic carbocycles. The van der Waals surface area contributed by atoms with Crippen LogP contribution in [0.25, 0.3) is 21.8 Å². The van der Waals surface area contributed by atoms with Crippen molar-refractivity contribution in [1.29, 1.82) is 0 Å². The molecule has 2 aromatic heterocycles. The molecule has 9 nitrogen and oxygen atoms in total. The van der Waals surface area contributed by atoms with Gasteiger partial charge in [-0.1, -0.05) is 42.1 Å². The number of hydrogen-bond donors (Lipinski definition) is 3. The maximum Gasteiger partial charge on any atom is 0.405 e. The lowest BCUT2D eigenvalue weighted by Gasteiger charge is -2.38. The van der Waals surface area contributed by atoms with Crippen LogP contribution in [0.5, 0.6) is 0 Å². The number of carboxylic acid groups (broad SMARTS) is 1. The minimum absolute atomic E-state index is 0.157. The highest BCUT2D eigenvalue weighted by Crippen LogP contribution is 2.36. The maximum absolute atomic E-state index is 13.6. The molecule has 2 aliphatic rings. The molecule has 1 aromatic carbocycles. The summed E-state index contributed by atoms with van der Waals surface area (Å²) >= 11 is 6.54.